The van der Waals surface area contributed by atoms with Crippen molar-refractivity contribution in [2.24, 2.45) is 0 Å². The van der Waals surface area contributed by atoms with Crippen molar-refractivity contribution < 1.29 is 8.78 Å². The minimum atomic E-state index is -0.431. The highest BCUT2D eigenvalue weighted by Gasteiger charge is 2.18. The molecule has 0 saturated heterocycles. The minimum Gasteiger partial charge on any atom is -0.301 e. The Hall–Kier alpha value is -1.89. The topological polar surface area (TPSA) is 66.5 Å². The Balaban J connectivity index is 2.16. The van der Waals surface area contributed by atoms with Crippen LogP contribution in [0.3, 0.4) is 0 Å². The van der Waals surface area contributed by atoms with Crippen LogP contribution in [0.25, 0.3) is 0 Å². The van der Waals surface area contributed by atoms with Crippen molar-refractivity contribution in [3.63, 3.8) is 0 Å². The first kappa shape index (κ1) is 13.5. The summed E-state index contributed by atoms with van der Waals surface area (Å²) in [7, 11) is 0. The Morgan fingerprint density at radius 2 is 1.89 bits per heavy atom. The molecule has 1 aromatic carbocycles. The van der Waals surface area contributed by atoms with Crippen LogP contribution in [0.5, 0.6) is 0 Å². The Morgan fingerprint density at radius 1 is 1.16 bits per heavy atom. The van der Waals surface area contributed by atoms with Crippen molar-refractivity contribution in [3.05, 3.63) is 40.7 Å². The molecule has 0 aliphatic rings. The molecule has 5 nitrogen and oxygen atoms in total. The summed E-state index contributed by atoms with van der Waals surface area (Å²) in [5.74, 6) is -0.378. The van der Waals surface area contributed by atoms with Gasteiger partial charge in [-0.2, -0.15) is 5.21 Å². The highest BCUT2D eigenvalue weighted by Crippen LogP contribution is 2.22. The van der Waals surface area contributed by atoms with Gasteiger partial charge >= 0.3 is 0 Å². The fourth-order valence-corrected chi connectivity index (χ4v) is 1.89. The number of aromatic amines is 1. The molecule has 0 amide bonds. The van der Waals surface area contributed by atoms with E-state index in [0.29, 0.717) is 11.4 Å². The molecule has 0 aliphatic carbocycles. The lowest BCUT2D eigenvalue weighted by atomic mass is 10.0. The van der Waals surface area contributed by atoms with Gasteiger partial charge in [0.05, 0.1) is 6.04 Å². The largest absolute Gasteiger partial charge is 0.301 e. The Labute approximate surface area is 109 Å². The fourth-order valence-electron chi connectivity index (χ4n) is 1.89. The lowest BCUT2D eigenvalue weighted by Crippen LogP contribution is -2.24. The van der Waals surface area contributed by atoms with Gasteiger partial charge in [0.1, 0.15) is 11.6 Å². The van der Waals surface area contributed by atoms with E-state index in [9.17, 15) is 8.78 Å². The molecule has 0 bridgehead atoms. The molecule has 2 unspecified atom stereocenters. The van der Waals surface area contributed by atoms with Crippen LogP contribution in [0.15, 0.2) is 12.1 Å². The molecule has 0 saturated carbocycles. The van der Waals surface area contributed by atoms with Crippen LogP contribution in [0.4, 0.5) is 8.78 Å². The average Bonchev–Trinajstić information content (AvgIpc) is 2.87. The second-order valence-corrected chi connectivity index (χ2v) is 4.50. The van der Waals surface area contributed by atoms with Gasteiger partial charge in [0.2, 0.25) is 0 Å². The molecule has 0 fully saturated rings. The zero-order valence-corrected chi connectivity index (χ0v) is 10.9. The second-order valence-electron chi connectivity index (χ2n) is 4.50. The first-order valence-electron chi connectivity index (χ1n) is 5.94. The molecular formula is C12H15F2N5. The molecule has 0 radical (unpaired) electrons. The van der Waals surface area contributed by atoms with Crippen molar-refractivity contribution in [2.45, 2.75) is 32.9 Å². The Morgan fingerprint density at radius 3 is 2.53 bits per heavy atom. The zero-order chi connectivity index (χ0) is 14.0. The van der Waals surface area contributed by atoms with Gasteiger partial charge in [-0.3, -0.25) is 0 Å². The predicted octanol–water partition coefficient (Wildman–Crippen LogP) is 2.20. The smallest absolute Gasteiger partial charge is 0.191 e. The van der Waals surface area contributed by atoms with Gasteiger partial charge in [0.25, 0.3) is 0 Å². The molecule has 2 aromatic rings. The van der Waals surface area contributed by atoms with Crippen LogP contribution < -0.4 is 5.32 Å². The maximum absolute atomic E-state index is 13.8. The van der Waals surface area contributed by atoms with E-state index in [0.717, 1.165) is 0 Å². The number of aromatic nitrogens is 4. The maximum Gasteiger partial charge on any atom is 0.191 e. The van der Waals surface area contributed by atoms with Crippen LogP contribution in [0.1, 0.15) is 42.9 Å². The van der Waals surface area contributed by atoms with Gasteiger partial charge in [-0.1, -0.05) is 5.21 Å². The van der Waals surface area contributed by atoms with E-state index < -0.39 is 11.6 Å². The molecule has 2 rings (SSSR count). The van der Waals surface area contributed by atoms with Crippen molar-refractivity contribution in [1.82, 2.24) is 25.9 Å². The number of hydrogen-bond donors (Lipinski definition) is 2. The van der Waals surface area contributed by atoms with Crippen LogP contribution in [0.2, 0.25) is 0 Å². The van der Waals surface area contributed by atoms with Gasteiger partial charge in [-0.25, -0.2) is 8.78 Å². The molecule has 102 valence electrons. The molecule has 0 aliphatic heterocycles. The minimum absolute atomic E-state index is 0.225. The van der Waals surface area contributed by atoms with Crippen LogP contribution >= 0.6 is 0 Å². The van der Waals surface area contributed by atoms with E-state index in [1.165, 1.54) is 19.1 Å². The molecule has 19 heavy (non-hydrogen) atoms. The predicted molar refractivity (Wildman–Crippen MR) is 65.2 cm³/mol. The summed E-state index contributed by atoms with van der Waals surface area (Å²) in [6, 6.07) is 1.81. The highest BCUT2D eigenvalue weighted by molar-refractivity contribution is 5.27. The second kappa shape index (κ2) is 5.40. The first-order chi connectivity index (χ1) is 8.99. The summed E-state index contributed by atoms with van der Waals surface area (Å²) in [6.45, 7) is 5.11. The number of hydrogen-bond acceptors (Lipinski definition) is 4. The summed E-state index contributed by atoms with van der Waals surface area (Å²) in [4.78, 5) is 0. The SMILES string of the molecule is Cc1cc(F)c(C(C)NC(C)c2nn[nH]n2)cc1F. The van der Waals surface area contributed by atoms with E-state index in [1.54, 1.807) is 6.92 Å². The number of H-pyrrole nitrogens is 1. The maximum atomic E-state index is 13.8. The highest BCUT2D eigenvalue weighted by atomic mass is 19.1. The van der Waals surface area contributed by atoms with Crippen LogP contribution in [-0.2, 0) is 0 Å². The van der Waals surface area contributed by atoms with Gasteiger partial charge in [-0.15, -0.1) is 10.2 Å². The number of benzene rings is 1. The molecule has 0 spiro atoms. The summed E-state index contributed by atoms with van der Waals surface area (Å²) in [6.07, 6.45) is 0. The van der Waals surface area contributed by atoms with Gasteiger partial charge < -0.3 is 5.32 Å². The normalized spacial score (nSPS) is 14.4. The third-order valence-corrected chi connectivity index (χ3v) is 2.99. The zero-order valence-electron chi connectivity index (χ0n) is 10.9. The standard InChI is InChI=1S/C12H15F2N5/c1-6-4-11(14)9(5-10(6)13)7(2)15-8(3)12-16-18-19-17-12/h4-5,7-8,15H,1-3H3,(H,16,17,18,19). The number of halogens is 2. The molecular weight excluding hydrogens is 252 g/mol. The number of nitrogens with zero attached hydrogens (tertiary/aromatic N) is 3. The van der Waals surface area contributed by atoms with Crippen molar-refractivity contribution in [2.75, 3.05) is 0 Å². The van der Waals surface area contributed by atoms with Gasteiger partial charge in [0.15, 0.2) is 5.82 Å². The number of aryl methyl sites for hydroxylation is 1. The number of nitrogens with one attached hydrogen (secondary N) is 2. The number of rotatable bonds is 4. The Bertz CT molecular complexity index is 555. The molecule has 1 heterocycles. The van der Waals surface area contributed by atoms with Crippen molar-refractivity contribution in [1.29, 1.82) is 0 Å². The number of tetrazole rings is 1. The first-order valence-corrected chi connectivity index (χ1v) is 5.94. The van der Waals surface area contributed by atoms with Gasteiger partial charge in [0, 0.05) is 11.6 Å². The quantitative estimate of drug-likeness (QED) is 0.891. The third-order valence-electron chi connectivity index (χ3n) is 2.99. The van der Waals surface area contributed by atoms with Crippen molar-refractivity contribution in [3.8, 4) is 0 Å². The van der Waals surface area contributed by atoms with E-state index in [1.807, 2.05) is 6.92 Å². The summed E-state index contributed by atoms with van der Waals surface area (Å²) >= 11 is 0. The third kappa shape index (κ3) is 2.93. The average molecular weight is 267 g/mol. The lowest BCUT2D eigenvalue weighted by Gasteiger charge is -2.19. The van der Waals surface area contributed by atoms with E-state index in [2.05, 4.69) is 25.9 Å². The molecule has 2 atom stereocenters. The van der Waals surface area contributed by atoms with E-state index >= 15 is 0 Å². The van der Waals surface area contributed by atoms with E-state index in [4.69, 9.17) is 0 Å². The van der Waals surface area contributed by atoms with E-state index in [-0.39, 0.29) is 17.6 Å². The lowest BCUT2D eigenvalue weighted by molar-refractivity contribution is 0.456. The van der Waals surface area contributed by atoms with Gasteiger partial charge in [-0.05, 0) is 38.5 Å². The molecule has 7 heteroatoms. The van der Waals surface area contributed by atoms with Crippen molar-refractivity contribution >= 4 is 0 Å². The van der Waals surface area contributed by atoms with Crippen LogP contribution in [-0.4, -0.2) is 20.6 Å². The van der Waals surface area contributed by atoms with Crippen LogP contribution in [0, 0.1) is 18.6 Å². The molecule has 1 aromatic heterocycles. The Kier molecular flexibility index (Phi) is 3.84. The monoisotopic (exact) mass is 267 g/mol. The summed E-state index contributed by atoms with van der Waals surface area (Å²) in [5.41, 5.74) is 0.568. The summed E-state index contributed by atoms with van der Waals surface area (Å²) < 4.78 is 27.3. The fraction of sp³-hybridized carbons (Fsp3) is 0.417. The summed E-state index contributed by atoms with van der Waals surface area (Å²) in [5, 5.41) is 16.6. The molecule has 2 N–H and O–H groups in total.